The Labute approximate surface area is 109 Å². The lowest BCUT2D eigenvalue weighted by molar-refractivity contribution is 0.0997. The third kappa shape index (κ3) is 2.57. The number of hydrogen-bond acceptors (Lipinski definition) is 4. The number of hydrogen-bond donors (Lipinski definition) is 3. The number of phenolic OH excluding ortho intramolecular Hbond substituents is 1. The molecule has 0 fully saturated rings. The number of amides is 1. The molecule has 2 aromatic carbocycles. The first-order valence-electron chi connectivity index (χ1n) is 5.23. The van der Waals surface area contributed by atoms with Crippen LogP contribution in [0.4, 0.5) is 5.69 Å². The lowest BCUT2D eigenvalue weighted by atomic mass is 10.2. The number of carbonyl (C=O) groups excluding carboxylic acids is 1. The zero-order valence-corrected chi connectivity index (χ0v) is 10.3. The van der Waals surface area contributed by atoms with E-state index in [2.05, 4.69) is 0 Å². The van der Waals surface area contributed by atoms with Crippen LogP contribution in [0.2, 0.25) is 0 Å². The summed E-state index contributed by atoms with van der Waals surface area (Å²) in [4.78, 5) is 12.8. The van der Waals surface area contributed by atoms with E-state index in [-0.39, 0.29) is 11.3 Å². The molecular formula is C13H12N2O2S. The smallest absolute Gasteiger partial charge is 0.249 e. The van der Waals surface area contributed by atoms with Crippen molar-refractivity contribution in [3.63, 3.8) is 0 Å². The molecule has 0 atom stereocenters. The van der Waals surface area contributed by atoms with Crippen molar-refractivity contribution in [3.8, 4) is 5.75 Å². The second kappa shape index (κ2) is 5.01. The number of para-hydroxylation sites is 1. The van der Waals surface area contributed by atoms with Gasteiger partial charge in [-0.1, -0.05) is 23.9 Å². The predicted molar refractivity (Wildman–Crippen MR) is 71.6 cm³/mol. The van der Waals surface area contributed by atoms with Gasteiger partial charge in [0, 0.05) is 15.5 Å². The SMILES string of the molecule is NC(=O)c1cc(O)ccc1Sc1ccccc1N. The van der Waals surface area contributed by atoms with Crippen molar-refractivity contribution < 1.29 is 9.90 Å². The van der Waals surface area contributed by atoms with Crippen LogP contribution in [0.15, 0.2) is 52.3 Å². The fraction of sp³-hybridized carbons (Fsp3) is 0. The van der Waals surface area contributed by atoms with E-state index >= 15 is 0 Å². The summed E-state index contributed by atoms with van der Waals surface area (Å²) in [6, 6.07) is 11.9. The van der Waals surface area contributed by atoms with Crippen LogP contribution in [0.3, 0.4) is 0 Å². The number of benzene rings is 2. The minimum Gasteiger partial charge on any atom is -0.508 e. The van der Waals surface area contributed by atoms with Gasteiger partial charge in [-0.15, -0.1) is 0 Å². The van der Waals surface area contributed by atoms with Crippen LogP contribution in [0.1, 0.15) is 10.4 Å². The molecule has 2 rings (SSSR count). The van der Waals surface area contributed by atoms with E-state index in [0.29, 0.717) is 10.6 Å². The molecule has 0 saturated heterocycles. The van der Waals surface area contributed by atoms with Crippen LogP contribution < -0.4 is 11.5 Å². The number of phenols is 1. The van der Waals surface area contributed by atoms with Gasteiger partial charge in [-0.25, -0.2) is 0 Å². The molecule has 0 aromatic heterocycles. The first-order valence-corrected chi connectivity index (χ1v) is 6.05. The van der Waals surface area contributed by atoms with Crippen molar-refractivity contribution >= 4 is 23.4 Å². The molecule has 0 saturated carbocycles. The molecule has 0 spiro atoms. The normalized spacial score (nSPS) is 10.2. The molecular weight excluding hydrogens is 248 g/mol. The van der Waals surface area contributed by atoms with E-state index in [1.807, 2.05) is 18.2 Å². The highest BCUT2D eigenvalue weighted by molar-refractivity contribution is 7.99. The summed E-state index contributed by atoms with van der Waals surface area (Å²) in [6.45, 7) is 0. The maximum Gasteiger partial charge on any atom is 0.249 e. The number of anilines is 1. The van der Waals surface area contributed by atoms with Gasteiger partial charge in [0.1, 0.15) is 5.75 Å². The maximum absolute atomic E-state index is 11.3. The summed E-state index contributed by atoms with van der Waals surface area (Å²) in [6.07, 6.45) is 0. The molecule has 0 aliphatic heterocycles. The molecule has 0 bridgehead atoms. The van der Waals surface area contributed by atoms with Gasteiger partial charge < -0.3 is 16.6 Å². The molecule has 0 aliphatic carbocycles. The maximum atomic E-state index is 11.3. The fourth-order valence-corrected chi connectivity index (χ4v) is 2.47. The fourth-order valence-electron chi connectivity index (χ4n) is 1.49. The summed E-state index contributed by atoms with van der Waals surface area (Å²) >= 11 is 1.34. The lowest BCUT2D eigenvalue weighted by Gasteiger charge is -2.08. The second-order valence-corrected chi connectivity index (χ2v) is 4.77. The molecule has 4 nitrogen and oxygen atoms in total. The minimum absolute atomic E-state index is 0.00850. The van der Waals surface area contributed by atoms with Gasteiger partial charge >= 0.3 is 0 Å². The van der Waals surface area contributed by atoms with Crippen molar-refractivity contribution in [2.24, 2.45) is 5.73 Å². The van der Waals surface area contributed by atoms with Crippen LogP contribution in [0, 0.1) is 0 Å². The van der Waals surface area contributed by atoms with E-state index in [9.17, 15) is 9.90 Å². The van der Waals surface area contributed by atoms with Crippen LogP contribution in [-0.2, 0) is 0 Å². The van der Waals surface area contributed by atoms with Crippen molar-refractivity contribution in [1.29, 1.82) is 0 Å². The minimum atomic E-state index is -0.581. The molecule has 0 aliphatic rings. The third-order valence-corrected chi connectivity index (χ3v) is 3.54. The number of rotatable bonds is 3. The predicted octanol–water partition coefficient (Wildman–Crippen LogP) is 2.22. The molecule has 1 amide bonds. The van der Waals surface area contributed by atoms with Crippen molar-refractivity contribution in [1.82, 2.24) is 0 Å². The monoisotopic (exact) mass is 260 g/mol. The van der Waals surface area contributed by atoms with Gasteiger partial charge in [-0.05, 0) is 30.3 Å². The quantitative estimate of drug-likeness (QED) is 0.738. The van der Waals surface area contributed by atoms with Crippen LogP contribution in [0.5, 0.6) is 5.75 Å². The van der Waals surface area contributed by atoms with Crippen LogP contribution in [-0.4, -0.2) is 11.0 Å². The highest BCUT2D eigenvalue weighted by atomic mass is 32.2. The highest BCUT2D eigenvalue weighted by Gasteiger charge is 2.11. The largest absolute Gasteiger partial charge is 0.508 e. The number of carbonyl (C=O) groups is 1. The van der Waals surface area contributed by atoms with Crippen molar-refractivity contribution in [2.45, 2.75) is 9.79 Å². The molecule has 0 heterocycles. The standard InChI is InChI=1S/C13H12N2O2S/c14-10-3-1-2-4-12(10)18-11-6-5-8(16)7-9(11)13(15)17/h1-7,16H,14H2,(H2,15,17). The first-order chi connectivity index (χ1) is 8.58. The summed E-state index contributed by atoms with van der Waals surface area (Å²) in [7, 11) is 0. The molecule has 92 valence electrons. The number of aromatic hydroxyl groups is 1. The topological polar surface area (TPSA) is 89.3 Å². The van der Waals surface area contributed by atoms with E-state index in [4.69, 9.17) is 11.5 Å². The highest BCUT2D eigenvalue weighted by Crippen LogP contribution is 2.35. The number of primary amides is 1. The van der Waals surface area contributed by atoms with Crippen molar-refractivity contribution in [2.75, 3.05) is 5.73 Å². The van der Waals surface area contributed by atoms with Gasteiger partial charge in [-0.2, -0.15) is 0 Å². The third-order valence-electron chi connectivity index (χ3n) is 2.37. The van der Waals surface area contributed by atoms with Gasteiger partial charge in [0.2, 0.25) is 5.91 Å². The average Bonchev–Trinajstić information content (AvgIpc) is 2.34. The molecule has 2 aromatic rings. The lowest BCUT2D eigenvalue weighted by Crippen LogP contribution is -2.12. The molecule has 0 unspecified atom stereocenters. The molecule has 0 radical (unpaired) electrons. The van der Waals surface area contributed by atoms with Crippen LogP contribution in [0.25, 0.3) is 0 Å². The summed E-state index contributed by atoms with van der Waals surface area (Å²) in [5.41, 5.74) is 12.0. The summed E-state index contributed by atoms with van der Waals surface area (Å²) in [5.74, 6) is -0.572. The number of nitrogens with two attached hydrogens (primary N) is 2. The van der Waals surface area contributed by atoms with Crippen molar-refractivity contribution in [3.05, 3.63) is 48.0 Å². The molecule has 5 heteroatoms. The van der Waals surface area contributed by atoms with Gasteiger partial charge in [0.15, 0.2) is 0 Å². The second-order valence-electron chi connectivity index (χ2n) is 3.68. The Bertz CT molecular complexity index is 599. The van der Waals surface area contributed by atoms with Gasteiger partial charge in [0.25, 0.3) is 0 Å². The summed E-state index contributed by atoms with van der Waals surface area (Å²) in [5, 5.41) is 9.37. The summed E-state index contributed by atoms with van der Waals surface area (Å²) < 4.78 is 0. The van der Waals surface area contributed by atoms with E-state index in [1.165, 1.54) is 23.9 Å². The molecule has 18 heavy (non-hydrogen) atoms. The van der Waals surface area contributed by atoms with Gasteiger partial charge in [0.05, 0.1) is 5.56 Å². The zero-order valence-electron chi connectivity index (χ0n) is 9.46. The Balaban J connectivity index is 2.41. The van der Waals surface area contributed by atoms with E-state index in [0.717, 1.165) is 4.90 Å². The van der Waals surface area contributed by atoms with Crippen LogP contribution >= 0.6 is 11.8 Å². The Morgan fingerprint density at radius 2 is 1.83 bits per heavy atom. The van der Waals surface area contributed by atoms with Gasteiger partial charge in [-0.3, -0.25) is 4.79 Å². The van der Waals surface area contributed by atoms with E-state index in [1.54, 1.807) is 12.1 Å². The zero-order chi connectivity index (χ0) is 13.1. The Kier molecular flexibility index (Phi) is 3.43. The Hall–Kier alpha value is -2.14. The first kappa shape index (κ1) is 12.3. The molecule has 5 N–H and O–H groups in total. The van der Waals surface area contributed by atoms with E-state index < -0.39 is 5.91 Å². The Morgan fingerprint density at radius 3 is 2.50 bits per heavy atom. The number of nitrogen functional groups attached to an aromatic ring is 1. The Morgan fingerprint density at radius 1 is 1.11 bits per heavy atom. The average molecular weight is 260 g/mol.